The van der Waals surface area contributed by atoms with E-state index in [2.05, 4.69) is 87.5 Å². The van der Waals surface area contributed by atoms with E-state index >= 15 is 0 Å². The molecule has 0 spiro atoms. The molecule has 1 aliphatic carbocycles. The lowest BCUT2D eigenvalue weighted by molar-refractivity contribution is 0.496. The molecule has 0 nitrogen and oxygen atoms in total. The summed E-state index contributed by atoms with van der Waals surface area (Å²) in [6.45, 7) is 6.60. The van der Waals surface area contributed by atoms with Crippen LogP contribution in [0.5, 0.6) is 0 Å². The van der Waals surface area contributed by atoms with Crippen LogP contribution in [-0.2, 0) is 11.8 Å². The van der Waals surface area contributed by atoms with Crippen LogP contribution in [-0.4, -0.2) is 0 Å². The van der Waals surface area contributed by atoms with E-state index in [1.165, 1.54) is 52.6 Å². The minimum Gasteiger partial charge on any atom is -0.0617 e. The highest BCUT2D eigenvalue weighted by Gasteiger charge is 2.40. The standard InChI is InChI=1S/C25H26/c1-18-9-13-21(14-10-18)25(22-15-11-19(2)12-16-22)17-5-7-23-20(3)6-4-8-24(23)25/h4,6,8-16H,5,7,17H2,1-3H3. The lowest BCUT2D eigenvalue weighted by Gasteiger charge is -2.41. The zero-order chi connectivity index (χ0) is 17.4. The second-order valence-electron chi connectivity index (χ2n) is 7.59. The van der Waals surface area contributed by atoms with Crippen molar-refractivity contribution in [3.8, 4) is 0 Å². The molecule has 1 aliphatic rings. The molecule has 25 heavy (non-hydrogen) atoms. The number of hydrogen-bond donors (Lipinski definition) is 0. The number of fused-ring (bicyclic) bond motifs is 1. The molecule has 0 radical (unpaired) electrons. The van der Waals surface area contributed by atoms with Gasteiger partial charge < -0.3 is 0 Å². The molecule has 0 saturated carbocycles. The lowest BCUT2D eigenvalue weighted by atomic mass is 9.62. The Bertz CT molecular complexity index is 837. The highest BCUT2D eigenvalue weighted by molar-refractivity contribution is 5.56. The van der Waals surface area contributed by atoms with Crippen molar-refractivity contribution < 1.29 is 0 Å². The van der Waals surface area contributed by atoms with Gasteiger partial charge in [0, 0.05) is 5.41 Å². The summed E-state index contributed by atoms with van der Waals surface area (Å²) >= 11 is 0. The monoisotopic (exact) mass is 326 g/mol. The van der Waals surface area contributed by atoms with Crippen molar-refractivity contribution >= 4 is 0 Å². The molecule has 4 rings (SSSR count). The average molecular weight is 326 g/mol. The van der Waals surface area contributed by atoms with Gasteiger partial charge in [-0.1, -0.05) is 77.9 Å². The minimum absolute atomic E-state index is 0.0268. The summed E-state index contributed by atoms with van der Waals surface area (Å²) in [5.74, 6) is 0. The van der Waals surface area contributed by atoms with E-state index in [0.29, 0.717) is 0 Å². The zero-order valence-corrected chi connectivity index (χ0v) is 15.5. The molecular weight excluding hydrogens is 300 g/mol. The topological polar surface area (TPSA) is 0 Å². The third kappa shape index (κ3) is 2.61. The van der Waals surface area contributed by atoms with Crippen LogP contribution in [0.1, 0.15) is 51.8 Å². The summed E-state index contributed by atoms with van der Waals surface area (Å²) < 4.78 is 0. The van der Waals surface area contributed by atoms with Crippen LogP contribution in [0.15, 0.2) is 66.7 Å². The van der Waals surface area contributed by atoms with E-state index in [1.54, 1.807) is 5.56 Å². The van der Waals surface area contributed by atoms with Crippen LogP contribution in [0, 0.1) is 20.8 Å². The van der Waals surface area contributed by atoms with Crippen LogP contribution in [0.25, 0.3) is 0 Å². The first-order valence-corrected chi connectivity index (χ1v) is 9.34. The summed E-state index contributed by atoms with van der Waals surface area (Å²) in [6.07, 6.45) is 3.61. The smallest absolute Gasteiger partial charge is 0.0454 e. The maximum absolute atomic E-state index is 2.36. The molecule has 0 atom stereocenters. The molecular formula is C25H26. The van der Waals surface area contributed by atoms with Crippen molar-refractivity contribution in [2.45, 2.75) is 45.4 Å². The Kier molecular flexibility index (Phi) is 4.00. The van der Waals surface area contributed by atoms with Crippen LogP contribution in [0.4, 0.5) is 0 Å². The van der Waals surface area contributed by atoms with E-state index in [1.807, 2.05) is 0 Å². The van der Waals surface area contributed by atoms with Gasteiger partial charge in [0.1, 0.15) is 0 Å². The highest BCUT2D eigenvalue weighted by atomic mass is 14.4. The van der Waals surface area contributed by atoms with Crippen molar-refractivity contribution in [1.82, 2.24) is 0 Å². The Hall–Kier alpha value is -2.34. The molecule has 0 amide bonds. The quantitative estimate of drug-likeness (QED) is 0.519. The summed E-state index contributed by atoms with van der Waals surface area (Å²) in [5.41, 5.74) is 9.95. The predicted octanol–water partition coefficient (Wildman–Crippen LogP) is 6.28. The molecule has 0 unspecified atom stereocenters. The number of aryl methyl sites for hydroxylation is 3. The summed E-state index contributed by atoms with van der Waals surface area (Å²) in [5, 5.41) is 0. The molecule has 0 aromatic heterocycles. The van der Waals surface area contributed by atoms with Crippen molar-refractivity contribution in [3.63, 3.8) is 0 Å². The fourth-order valence-corrected chi connectivity index (χ4v) is 4.54. The highest BCUT2D eigenvalue weighted by Crippen LogP contribution is 2.48. The van der Waals surface area contributed by atoms with Gasteiger partial charge in [0.25, 0.3) is 0 Å². The van der Waals surface area contributed by atoms with Crippen LogP contribution in [0.2, 0.25) is 0 Å². The fraction of sp³-hybridized carbons (Fsp3) is 0.280. The summed E-state index contributed by atoms with van der Waals surface area (Å²) in [7, 11) is 0. The Labute approximate surface area is 151 Å². The van der Waals surface area contributed by atoms with Crippen LogP contribution in [0.3, 0.4) is 0 Å². The van der Waals surface area contributed by atoms with Gasteiger partial charge in [-0.25, -0.2) is 0 Å². The Balaban J connectivity index is 2.03. The van der Waals surface area contributed by atoms with Gasteiger partial charge in [-0.05, 0) is 67.9 Å². The van der Waals surface area contributed by atoms with E-state index in [9.17, 15) is 0 Å². The van der Waals surface area contributed by atoms with Gasteiger partial charge >= 0.3 is 0 Å². The first kappa shape index (κ1) is 16.1. The molecule has 0 heteroatoms. The third-order valence-electron chi connectivity index (χ3n) is 5.94. The van der Waals surface area contributed by atoms with Crippen molar-refractivity contribution in [2.75, 3.05) is 0 Å². The summed E-state index contributed by atoms with van der Waals surface area (Å²) in [4.78, 5) is 0. The van der Waals surface area contributed by atoms with Crippen LogP contribution < -0.4 is 0 Å². The Morgan fingerprint density at radius 1 is 0.680 bits per heavy atom. The molecule has 126 valence electrons. The lowest BCUT2D eigenvalue weighted by Crippen LogP contribution is -2.34. The molecule has 0 saturated heterocycles. The summed E-state index contributed by atoms with van der Waals surface area (Å²) in [6, 6.07) is 25.3. The third-order valence-corrected chi connectivity index (χ3v) is 5.94. The largest absolute Gasteiger partial charge is 0.0617 e. The van der Waals surface area contributed by atoms with Gasteiger partial charge in [-0.3, -0.25) is 0 Å². The van der Waals surface area contributed by atoms with Crippen molar-refractivity contribution in [1.29, 1.82) is 0 Å². The number of benzene rings is 3. The second kappa shape index (κ2) is 6.19. The van der Waals surface area contributed by atoms with Crippen molar-refractivity contribution in [3.05, 3.63) is 106 Å². The Morgan fingerprint density at radius 2 is 1.24 bits per heavy atom. The van der Waals surface area contributed by atoms with Crippen molar-refractivity contribution in [2.24, 2.45) is 0 Å². The number of hydrogen-bond acceptors (Lipinski definition) is 0. The molecule has 0 heterocycles. The molecule has 0 fully saturated rings. The number of rotatable bonds is 2. The SMILES string of the molecule is Cc1ccc(C2(c3ccc(C)cc3)CCCc3c(C)cccc32)cc1. The molecule has 0 aliphatic heterocycles. The Morgan fingerprint density at radius 3 is 1.80 bits per heavy atom. The fourth-order valence-electron chi connectivity index (χ4n) is 4.54. The van der Waals surface area contributed by atoms with E-state index in [-0.39, 0.29) is 5.41 Å². The van der Waals surface area contributed by atoms with E-state index in [0.717, 1.165) is 0 Å². The van der Waals surface area contributed by atoms with Crippen LogP contribution >= 0.6 is 0 Å². The van der Waals surface area contributed by atoms with Gasteiger partial charge in [0.05, 0.1) is 0 Å². The van der Waals surface area contributed by atoms with Gasteiger partial charge in [-0.2, -0.15) is 0 Å². The van der Waals surface area contributed by atoms with Gasteiger partial charge in [0.15, 0.2) is 0 Å². The normalized spacial score (nSPS) is 15.6. The predicted molar refractivity (Wildman–Crippen MR) is 106 cm³/mol. The maximum atomic E-state index is 2.36. The first-order chi connectivity index (χ1) is 12.1. The maximum Gasteiger partial charge on any atom is 0.0454 e. The van der Waals surface area contributed by atoms with E-state index < -0.39 is 0 Å². The second-order valence-corrected chi connectivity index (χ2v) is 7.59. The zero-order valence-electron chi connectivity index (χ0n) is 15.5. The van der Waals surface area contributed by atoms with Gasteiger partial charge in [0.2, 0.25) is 0 Å². The molecule has 3 aromatic carbocycles. The van der Waals surface area contributed by atoms with Gasteiger partial charge in [-0.15, -0.1) is 0 Å². The first-order valence-electron chi connectivity index (χ1n) is 9.34. The average Bonchev–Trinajstić information content (AvgIpc) is 2.63. The minimum atomic E-state index is -0.0268. The molecule has 3 aromatic rings. The van der Waals surface area contributed by atoms with E-state index in [4.69, 9.17) is 0 Å². The molecule has 0 bridgehead atoms. The molecule has 0 N–H and O–H groups in total.